The zero-order valence-corrected chi connectivity index (χ0v) is 11.8. The van der Waals surface area contributed by atoms with Gasteiger partial charge in [-0.3, -0.25) is 0 Å². The molecule has 0 saturated carbocycles. The summed E-state index contributed by atoms with van der Waals surface area (Å²) >= 11 is 0. The van der Waals surface area contributed by atoms with E-state index in [0.717, 1.165) is 18.4 Å². The van der Waals surface area contributed by atoms with Crippen LogP contribution in [-0.2, 0) is 10.2 Å². The van der Waals surface area contributed by atoms with E-state index < -0.39 is 0 Å². The van der Waals surface area contributed by atoms with Gasteiger partial charge in [0.05, 0.1) is 0 Å². The van der Waals surface area contributed by atoms with Gasteiger partial charge in [0.1, 0.15) is 5.82 Å². The first kappa shape index (κ1) is 13.9. The first-order chi connectivity index (χ1) is 10.3. The van der Waals surface area contributed by atoms with Crippen LogP contribution < -0.4 is 5.32 Å². The number of benzene rings is 1. The standard InChI is InChI=1S/C16H18FN3O/c17-14-4-1-3-13(11-14)16(5-9-21-10-6-16)12-20-15-18-7-2-8-19-15/h1-4,7-8,11H,5-6,9-10,12H2,(H,18,19,20). The number of ether oxygens (including phenoxy) is 1. The van der Waals surface area contributed by atoms with Gasteiger partial charge in [0.15, 0.2) is 0 Å². The van der Waals surface area contributed by atoms with Gasteiger partial charge in [-0.15, -0.1) is 0 Å². The van der Waals surface area contributed by atoms with E-state index in [0.29, 0.717) is 25.7 Å². The number of rotatable bonds is 4. The second-order valence-corrected chi connectivity index (χ2v) is 5.33. The molecule has 0 spiro atoms. The molecule has 5 heteroatoms. The lowest BCUT2D eigenvalue weighted by molar-refractivity contribution is 0.0542. The highest BCUT2D eigenvalue weighted by molar-refractivity contribution is 5.32. The Bertz CT molecular complexity index is 585. The van der Waals surface area contributed by atoms with Crippen molar-refractivity contribution in [1.82, 2.24) is 9.97 Å². The van der Waals surface area contributed by atoms with Crippen molar-refractivity contribution in [3.05, 3.63) is 54.1 Å². The van der Waals surface area contributed by atoms with Crippen LogP contribution in [0.3, 0.4) is 0 Å². The van der Waals surface area contributed by atoms with Crippen molar-refractivity contribution in [2.45, 2.75) is 18.3 Å². The number of anilines is 1. The summed E-state index contributed by atoms with van der Waals surface area (Å²) in [5.41, 5.74) is 0.869. The Hall–Kier alpha value is -2.01. The van der Waals surface area contributed by atoms with Crippen molar-refractivity contribution in [1.29, 1.82) is 0 Å². The molecule has 0 atom stereocenters. The molecule has 1 fully saturated rings. The molecule has 3 rings (SSSR count). The maximum atomic E-state index is 13.6. The van der Waals surface area contributed by atoms with Gasteiger partial charge in [-0.05, 0) is 36.6 Å². The average molecular weight is 287 g/mol. The highest BCUT2D eigenvalue weighted by Gasteiger charge is 2.34. The van der Waals surface area contributed by atoms with Crippen molar-refractivity contribution < 1.29 is 9.13 Å². The van der Waals surface area contributed by atoms with Gasteiger partial charge in [0.2, 0.25) is 5.95 Å². The van der Waals surface area contributed by atoms with Gasteiger partial charge in [-0.1, -0.05) is 12.1 Å². The average Bonchev–Trinajstić information content (AvgIpc) is 2.55. The van der Waals surface area contributed by atoms with Crippen molar-refractivity contribution in [2.75, 3.05) is 25.1 Å². The van der Waals surface area contributed by atoms with Gasteiger partial charge < -0.3 is 10.1 Å². The molecule has 1 aliphatic rings. The van der Waals surface area contributed by atoms with E-state index >= 15 is 0 Å². The van der Waals surface area contributed by atoms with Crippen molar-refractivity contribution in [2.24, 2.45) is 0 Å². The van der Waals surface area contributed by atoms with E-state index in [4.69, 9.17) is 4.74 Å². The topological polar surface area (TPSA) is 47.0 Å². The second-order valence-electron chi connectivity index (χ2n) is 5.33. The molecule has 21 heavy (non-hydrogen) atoms. The summed E-state index contributed by atoms with van der Waals surface area (Å²) in [6, 6.07) is 8.63. The highest BCUT2D eigenvalue weighted by Crippen LogP contribution is 2.35. The van der Waals surface area contributed by atoms with Crippen LogP contribution in [-0.4, -0.2) is 29.7 Å². The summed E-state index contributed by atoms with van der Waals surface area (Å²) in [5, 5.41) is 3.27. The summed E-state index contributed by atoms with van der Waals surface area (Å²) in [5.74, 6) is 0.397. The van der Waals surface area contributed by atoms with Crippen LogP contribution in [0.5, 0.6) is 0 Å². The minimum absolute atomic E-state index is 0.139. The SMILES string of the molecule is Fc1cccc(C2(CNc3ncccn3)CCOCC2)c1. The summed E-state index contributed by atoms with van der Waals surface area (Å²) in [6.45, 7) is 2.05. The zero-order chi connectivity index (χ0) is 14.5. The molecule has 0 aliphatic carbocycles. The Balaban J connectivity index is 1.83. The molecule has 110 valence electrons. The summed E-state index contributed by atoms with van der Waals surface area (Å²) in [6.07, 6.45) is 5.12. The molecule has 1 aromatic heterocycles. The summed E-state index contributed by atoms with van der Waals surface area (Å²) < 4.78 is 19.1. The van der Waals surface area contributed by atoms with E-state index in [-0.39, 0.29) is 11.2 Å². The summed E-state index contributed by atoms with van der Waals surface area (Å²) in [7, 11) is 0. The highest BCUT2D eigenvalue weighted by atomic mass is 19.1. The number of aromatic nitrogens is 2. The Morgan fingerprint density at radius 3 is 2.62 bits per heavy atom. The fourth-order valence-corrected chi connectivity index (χ4v) is 2.79. The van der Waals surface area contributed by atoms with Crippen LogP contribution in [0.4, 0.5) is 10.3 Å². The van der Waals surface area contributed by atoms with Crippen LogP contribution in [0.1, 0.15) is 18.4 Å². The molecule has 0 bridgehead atoms. The maximum absolute atomic E-state index is 13.6. The smallest absolute Gasteiger partial charge is 0.222 e. The molecular formula is C16H18FN3O. The van der Waals surface area contributed by atoms with Crippen LogP contribution in [0.25, 0.3) is 0 Å². The third kappa shape index (κ3) is 3.19. The van der Waals surface area contributed by atoms with E-state index in [1.165, 1.54) is 6.07 Å². The van der Waals surface area contributed by atoms with Crippen LogP contribution in [0.2, 0.25) is 0 Å². The molecule has 4 nitrogen and oxygen atoms in total. The Morgan fingerprint density at radius 1 is 1.14 bits per heavy atom. The van der Waals surface area contributed by atoms with Crippen molar-refractivity contribution in [3.8, 4) is 0 Å². The first-order valence-corrected chi connectivity index (χ1v) is 7.13. The Morgan fingerprint density at radius 2 is 1.90 bits per heavy atom. The molecule has 1 saturated heterocycles. The van der Waals surface area contributed by atoms with E-state index in [9.17, 15) is 4.39 Å². The molecular weight excluding hydrogens is 269 g/mol. The first-order valence-electron chi connectivity index (χ1n) is 7.13. The van der Waals surface area contributed by atoms with Crippen LogP contribution in [0, 0.1) is 5.82 Å². The third-order valence-electron chi connectivity index (χ3n) is 4.04. The molecule has 2 heterocycles. The molecule has 2 aromatic rings. The fraction of sp³-hybridized carbons (Fsp3) is 0.375. The normalized spacial score (nSPS) is 17.4. The minimum Gasteiger partial charge on any atom is -0.381 e. The predicted octanol–water partition coefficient (Wildman–Crippen LogP) is 2.78. The van der Waals surface area contributed by atoms with Gasteiger partial charge in [-0.2, -0.15) is 0 Å². The zero-order valence-electron chi connectivity index (χ0n) is 11.8. The fourth-order valence-electron chi connectivity index (χ4n) is 2.79. The molecule has 1 N–H and O–H groups in total. The number of nitrogens with zero attached hydrogens (tertiary/aromatic N) is 2. The van der Waals surface area contributed by atoms with Gasteiger partial charge in [0, 0.05) is 37.6 Å². The van der Waals surface area contributed by atoms with Crippen molar-refractivity contribution in [3.63, 3.8) is 0 Å². The Labute approximate surface area is 123 Å². The van der Waals surface area contributed by atoms with Crippen molar-refractivity contribution >= 4 is 5.95 Å². The van der Waals surface area contributed by atoms with Gasteiger partial charge >= 0.3 is 0 Å². The monoisotopic (exact) mass is 287 g/mol. The number of halogens is 1. The van der Waals surface area contributed by atoms with E-state index in [1.807, 2.05) is 6.07 Å². The molecule has 0 amide bonds. The quantitative estimate of drug-likeness (QED) is 0.939. The van der Waals surface area contributed by atoms with E-state index in [1.54, 1.807) is 30.6 Å². The minimum atomic E-state index is -0.200. The molecule has 1 aliphatic heterocycles. The van der Waals surface area contributed by atoms with Gasteiger partial charge in [0.25, 0.3) is 0 Å². The van der Waals surface area contributed by atoms with E-state index in [2.05, 4.69) is 15.3 Å². The Kier molecular flexibility index (Phi) is 4.10. The van der Waals surface area contributed by atoms with Crippen LogP contribution in [0.15, 0.2) is 42.7 Å². The molecule has 0 unspecified atom stereocenters. The third-order valence-corrected chi connectivity index (χ3v) is 4.04. The van der Waals surface area contributed by atoms with Crippen LogP contribution >= 0.6 is 0 Å². The number of nitrogens with one attached hydrogen (secondary N) is 1. The number of hydrogen-bond donors (Lipinski definition) is 1. The second kappa shape index (κ2) is 6.18. The molecule has 0 radical (unpaired) electrons. The predicted molar refractivity (Wildman–Crippen MR) is 78.7 cm³/mol. The largest absolute Gasteiger partial charge is 0.381 e. The lowest BCUT2D eigenvalue weighted by Crippen LogP contribution is -2.40. The number of hydrogen-bond acceptors (Lipinski definition) is 4. The lowest BCUT2D eigenvalue weighted by atomic mass is 9.74. The summed E-state index contributed by atoms with van der Waals surface area (Å²) in [4.78, 5) is 8.36. The molecule has 1 aromatic carbocycles. The lowest BCUT2D eigenvalue weighted by Gasteiger charge is -2.38. The maximum Gasteiger partial charge on any atom is 0.222 e. The van der Waals surface area contributed by atoms with Gasteiger partial charge in [-0.25, -0.2) is 14.4 Å².